The van der Waals surface area contributed by atoms with E-state index in [1.54, 1.807) is 6.92 Å². The van der Waals surface area contributed by atoms with Crippen molar-refractivity contribution in [3.63, 3.8) is 0 Å². The molecule has 0 bridgehead atoms. The van der Waals surface area contributed by atoms with Crippen LogP contribution in [0, 0.1) is 10.1 Å². The molecule has 0 aromatic heterocycles. The second kappa shape index (κ2) is 7.19. The number of ether oxygens (including phenoxy) is 2. The summed E-state index contributed by atoms with van der Waals surface area (Å²) in [6, 6.07) is 3.78. The minimum absolute atomic E-state index is 0.130. The zero-order valence-corrected chi connectivity index (χ0v) is 14.4. The highest BCUT2D eigenvalue weighted by molar-refractivity contribution is 6.02. The number of carboxylic acids is 1. The van der Waals surface area contributed by atoms with Gasteiger partial charge in [0, 0.05) is 18.7 Å². The van der Waals surface area contributed by atoms with Gasteiger partial charge >= 0.3 is 5.97 Å². The van der Waals surface area contributed by atoms with E-state index in [1.165, 1.54) is 23.1 Å². The van der Waals surface area contributed by atoms with Crippen molar-refractivity contribution in [3.05, 3.63) is 28.3 Å². The van der Waals surface area contributed by atoms with E-state index in [0.717, 1.165) is 4.90 Å². The highest BCUT2D eigenvalue weighted by atomic mass is 16.6. The van der Waals surface area contributed by atoms with E-state index in [2.05, 4.69) is 0 Å². The van der Waals surface area contributed by atoms with Crippen LogP contribution in [0.1, 0.15) is 6.92 Å². The number of hydrogen-bond acceptors (Lipinski definition) is 7. The monoisotopic (exact) mass is 379 g/mol. The van der Waals surface area contributed by atoms with Crippen LogP contribution in [0.15, 0.2) is 18.2 Å². The van der Waals surface area contributed by atoms with Gasteiger partial charge in [0.15, 0.2) is 12.7 Å². The highest BCUT2D eigenvalue weighted by Crippen LogP contribution is 2.35. The number of non-ortho nitro benzene ring substituents is 1. The first kappa shape index (κ1) is 18.6. The lowest BCUT2D eigenvalue weighted by atomic mass is 10.2. The summed E-state index contributed by atoms with van der Waals surface area (Å²) < 4.78 is 10.5. The first-order valence-corrected chi connectivity index (χ1v) is 8.14. The van der Waals surface area contributed by atoms with E-state index in [0.29, 0.717) is 0 Å². The van der Waals surface area contributed by atoms with Crippen molar-refractivity contribution in [2.45, 2.75) is 19.1 Å². The highest BCUT2D eigenvalue weighted by Gasteiger charge is 2.35. The third kappa shape index (κ3) is 3.82. The average Bonchev–Trinajstić information content (AvgIpc) is 2.62. The van der Waals surface area contributed by atoms with Gasteiger partial charge in [0.25, 0.3) is 11.6 Å². The fourth-order valence-corrected chi connectivity index (χ4v) is 3.00. The van der Waals surface area contributed by atoms with Gasteiger partial charge in [-0.1, -0.05) is 0 Å². The molecule has 3 rings (SSSR count). The van der Waals surface area contributed by atoms with Crippen LogP contribution in [0.3, 0.4) is 0 Å². The smallest absolute Gasteiger partial charge is 0.334 e. The molecule has 1 aromatic rings. The molecule has 2 aliphatic heterocycles. The number of aliphatic carboxylic acids is 1. The molecule has 0 aliphatic carbocycles. The molecule has 2 heterocycles. The molecule has 11 nitrogen and oxygen atoms in total. The lowest BCUT2D eigenvalue weighted by Gasteiger charge is -2.36. The van der Waals surface area contributed by atoms with Crippen molar-refractivity contribution in [2.75, 3.05) is 31.1 Å². The Kier molecular flexibility index (Phi) is 4.95. The summed E-state index contributed by atoms with van der Waals surface area (Å²) >= 11 is 0. The number of rotatable bonds is 4. The van der Waals surface area contributed by atoms with Crippen LogP contribution < -0.4 is 9.64 Å². The molecule has 1 unspecified atom stereocenters. The van der Waals surface area contributed by atoms with Crippen molar-refractivity contribution in [3.8, 4) is 5.75 Å². The van der Waals surface area contributed by atoms with Gasteiger partial charge in [-0.3, -0.25) is 24.6 Å². The van der Waals surface area contributed by atoms with E-state index < -0.39 is 34.9 Å². The molecule has 1 aromatic carbocycles. The van der Waals surface area contributed by atoms with E-state index >= 15 is 0 Å². The zero-order valence-electron chi connectivity index (χ0n) is 14.4. The summed E-state index contributed by atoms with van der Waals surface area (Å²) in [5.74, 6) is -1.92. The molecule has 11 heteroatoms. The second-order valence-corrected chi connectivity index (χ2v) is 6.25. The molecule has 2 atom stereocenters. The number of nitro benzene ring substituents is 1. The number of carboxylic acid groups (broad SMARTS) is 1. The summed E-state index contributed by atoms with van der Waals surface area (Å²) in [4.78, 5) is 48.9. The molecule has 27 heavy (non-hydrogen) atoms. The van der Waals surface area contributed by atoms with E-state index in [4.69, 9.17) is 14.6 Å². The summed E-state index contributed by atoms with van der Waals surface area (Å²) in [6.45, 7) is 1.01. The summed E-state index contributed by atoms with van der Waals surface area (Å²) in [7, 11) is 0. The Morgan fingerprint density at radius 3 is 2.78 bits per heavy atom. The van der Waals surface area contributed by atoms with Crippen molar-refractivity contribution in [1.29, 1.82) is 0 Å². The standard InChI is InChI=1S/C16H17N3O8/c1-9-5-17(6-13(27-9)16(22)23)14(20)7-18-11-4-10(19(24)25)2-3-12(11)26-8-15(18)21/h2-4,9,13H,5-8H2,1H3,(H,22,23)/t9-,13?/m1/s1. The number of morpholine rings is 1. The van der Waals surface area contributed by atoms with Crippen LogP contribution in [0.4, 0.5) is 11.4 Å². The number of amides is 2. The van der Waals surface area contributed by atoms with Gasteiger partial charge in [-0.25, -0.2) is 4.79 Å². The van der Waals surface area contributed by atoms with Crippen LogP contribution in [-0.2, 0) is 19.1 Å². The summed E-state index contributed by atoms with van der Waals surface area (Å²) in [5, 5.41) is 20.1. The molecule has 144 valence electrons. The molecular formula is C16H17N3O8. The normalized spacial score (nSPS) is 22.0. The zero-order chi connectivity index (χ0) is 19.7. The second-order valence-electron chi connectivity index (χ2n) is 6.25. The van der Waals surface area contributed by atoms with Crippen LogP contribution >= 0.6 is 0 Å². The maximum atomic E-state index is 12.7. The SMILES string of the molecule is C[C@@H]1CN(C(=O)CN2C(=O)COc3ccc([N+](=O)[O-])cc32)CC(C(=O)O)O1. The Labute approximate surface area is 153 Å². The number of nitrogens with zero attached hydrogens (tertiary/aromatic N) is 3. The Morgan fingerprint density at radius 2 is 2.11 bits per heavy atom. The predicted molar refractivity (Wildman–Crippen MR) is 89.5 cm³/mol. The Morgan fingerprint density at radius 1 is 1.37 bits per heavy atom. The van der Waals surface area contributed by atoms with Gasteiger partial charge in [0.2, 0.25) is 5.91 Å². The predicted octanol–water partition coefficient (Wildman–Crippen LogP) is 0.0207. The topological polar surface area (TPSA) is 140 Å². The average molecular weight is 379 g/mol. The number of benzene rings is 1. The van der Waals surface area contributed by atoms with Crippen LogP contribution in [0.2, 0.25) is 0 Å². The lowest BCUT2D eigenvalue weighted by molar-refractivity contribution is -0.384. The molecule has 1 N–H and O–H groups in total. The quantitative estimate of drug-likeness (QED) is 0.570. The lowest BCUT2D eigenvalue weighted by Crippen LogP contribution is -2.55. The molecule has 2 aliphatic rings. The van der Waals surface area contributed by atoms with Crippen molar-refractivity contribution in [2.24, 2.45) is 0 Å². The van der Waals surface area contributed by atoms with Gasteiger partial charge in [0.1, 0.15) is 12.3 Å². The maximum Gasteiger partial charge on any atom is 0.334 e. The number of hydrogen-bond donors (Lipinski definition) is 1. The van der Waals surface area contributed by atoms with E-state index in [9.17, 15) is 24.5 Å². The summed E-state index contributed by atoms with van der Waals surface area (Å²) in [6.07, 6.45) is -1.62. The van der Waals surface area contributed by atoms with E-state index in [1.807, 2.05) is 0 Å². The van der Waals surface area contributed by atoms with Crippen molar-refractivity contribution in [1.82, 2.24) is 4.90 Å². The van der Waals surface area contributed by atoms with Crippen molar-refractivity contribution < 1.29 is 33.9 Å². The molecular weight excluding hydrogens is 362 g/mol. The fourth-order valence-electron chi connectivity index (χ4n) is 3.00. The molecule has 2 amide bonds. The maximum absolute atomic E-state index is 12.7. The van der Waals surface area contributed by atoms with Crippen molar-refractivity contribution >= 4 is 29.2 Å². The van der Waals surface area contributed by atoms with Crippen LogP contribution in [-0.4, -0.2) is 71.2 Å². The molecule has 0 saturated carbocycles. The van der Waals surface area contributed by atoms with Gasteiger partial charge in [-0.15, -0.1) is 0 Å². The largest absolute Gasteiger partial charge is 0.482 e. The number of fused-ring (bicyclic) bond motifs is 1. The number of anilines is 1. The summed E-state index contributed by atoms with van der Waals surface area (Å²) in [5.41, 5.74) is -0.111. The minimum atomic E-state index is -1.18. The molecule has 0 radical (unpaired) electrons. The first-order chi connectivity index (χ1) is 12.8. The first-order valence-electron chi connectivity index (χ1n) is 8.14. The molecule has 1 fully saturated rings. The van der Waals surface area contributed by atoms with Gasteiger partial charge in [-0.05, 0) is 13.0 Å². The fraction of sp³-hybridized carbons (Fsp3) is 0.438. The minimum Gasteiger partial charge on any atom is -0.482 e. The van der Waals surface area contributed by atoms with Crippen LogP contribution in [0.25, 0.3) is 0 Å². The van der Waals surface area contributed by atoms with Gasteiger partial charge in [-0.2, -0.15) is 0 Å². The Bertz CT molecular complexity index is 811. The van der Waals surface area contributed by atoms with Gasteiger partial charge < -0.3 is 19.5 Å². The van der Waals surface area contributed by atoms with Crippen LogP contribution in [0.5, 0.6) is 5.75 Å². The number of carbonyl (C=O) groups is 3. The number of nitro groups is 1. The molecule has 0 spiro atoms. The number of carbonyl (C=O) groups excluding carboxylic acids is 2. The Balaban J connectivity index is 1.81. The third-order valence-corrected chi connectivity index (χ3v) is 4.28. The Hall–Kier alpha value is -3.21. The third-order valence-electron chi connectivity index (χ3n) is 4.28. The van der Waals surface area contributed by atoms with E-state index in [-0.39, 0.29) is 43.4 Å². The molecule has 1 saturated heterocycles. The van der Waals surface area contributed by atoms with Gasteiger partial charge in [0.05, 0.1) is 23.3 Å².